The van der Waals surface area contributed by atoms with Crippen molar-refractivity contribution in [2.45, 2.75) is 17.7 Å². The molecule has 0 unspecified atom stereocenters. The van der Waals surface area contributed by atoms with Crippen LogP contribution < -0.4 is 4.83 Å². The van der Waals surface area contributed by atoms with Crippen LogP contribution in [0, 0.1) is 5.82 Å². The average molecular weight is 355 g/mol. The van der Waals surface area contributed by atoms with Crippen molar-refractivity contribution in [3.8, 4) is 0 Å². The van der Waals surface area contributed by atoms with E-state index in [0.717, 1.165) is 0 Å². The number of halogens is 2. The van der Waals surface area contributed by atoms with E-state index < -0.39 is 10.0 Å². The Morgan fingerprint density at radius 2 is 1.74 bits per heavy atom. The van der Waals surface area contributed by atoms with Crippen molar-refractivity contribution < 1.29 is 12.8 Å². The molecular weight excluding hydrogens is 339 g/mol. The highest BCUT2D eigenvalue weighted by atomic mass is 35.5. The summed E-state index contributed by atoms with van der Waals surface area (Å²) in [6, 6.07) is 13.7. The molecule has 0 saturated carbocycles. The van der Waals surface area contributed by atoms with Crippen molar-refractivity contribution in [1.29, 1.82) is 0 Å². The van der Waals surface area contributed by atoms with Gasteiger partial charge in [0.15, 0.2) is 0 Å². The van der Waals surface area contributed by atoms with Gasteiger partial charge in [-0.25, -0.2) is 4.39 Å². The van der Waals surface area contributed by atoms with Gasteiger partial charge < -0.3 is 0 Å². The first-order chi connectivity index (χ1) is 11.0. The van der Waals surface area contributed by atoms with Gasteiger partial charge in [0.05, 0.1) is 10.6 Å². The number of rotatable bonds is 7. The SMILES string of the molecule is O=S(=O)(N/N=C(\CCCCl)c1ccc(F)cc1)c1ccccc1. The topological polar surface area (TPSA) is 58.5 Å². The van der Waals surface area contributed by atoms with Gasteiger partial charge >= 0.3 is 0 Å². The van der Waals surface area contributed by atoms with Crippen LogP contribution in [0.3, 0.4) is 0 Å². The number of sulfonamides is 1. The van der Waals surface area contributed by atoms with Crippen LogP contribution in [-0.4, -0.2) is 20.0 Å². The number of benzene rings is 2. The summed E-state index contributed by atoms with van der Waals surface area (Å²) in [4.78, 5) is 2.35. The summed E-state index contributed by atoms with van der Waals surface area (Å²) in [7, 11) is -3.74. The fourth-order valence-electron chi connectivity index (χ4n) is 1.91. The summed E-state index contributed by atoms with van der Waals surface area (Å²) in [5, 5.41) is 4.01. The van der Waals surface area contributed by atoms with Gasteiger partial charge in [-0.1, -0.05) is 30.3 Å². The Kier molecular flexibility index (Phi) is 6.12. The van der Waals surface area contributed by atoms with Crippen LogP contribution in [0.4, 0.5) is 4.39 Å². The molecule has 0 amide bonds. The fourth-order valence-corrected chi connectivity index (χ4v) is 2.89. The Balaban J connectivity index is 2.25. The molecule has 0 atom stereocenters. The van der Waals surface area contributed by atoms with Gasteiger partial charge in [-0.15, -0.1) is 11.6 Å². The Hall–Kier alpha value is -1.92. The molecule has 0 fully saturated rings. The summed E-state index contributed by atoms with van der Waals surface area (Å²) in [6.07, 6.45) is 1.11. The summed E-state index contributed by atoms with van der Waals surface area (Å²) in [5.74, 6) is 0.0568. The number of alkyl halides is 1. The molecule has 2 rings (SSSR count). The maximum Gasteiger partial charge on any atom is 0.276 e. The predicted octanol–water partition coefficient (Wildman–Crippen LogP) is 3.53. The number of hydrogen-bond donors (Lipinski definition) is 1. The lowest BCUT2D eigenvalue weighted by molar-refractivity contribution is 0.584. The zero-order valence-electron chi connectivity index (χ0n) is 12.2. The summed E-state index contributed by atoms with van der Waals surface area (Å²) in [6.45, 7) is 0. The van der Waals surface area contributed by atoms with Crippen molar-refractivity contribution in [3.63, 3.8) is 0 Å². The van der Waals surface area contributed by atoms with Crippen LogP contribution in [-0.2, 0) is 10.0 Å². The highest BCUT2D eigenvalue weighted by molar-refractivity contribution is 7.89. The second-order valence-electron chi connectivity index (χ2n) is 4.77. The summed E-state index contributed by atoms with van der Waals surface area (Å²) < 4.78 is 37.4. The van der Waals surface area contributed by atoms with Gasteiger partial charge in [-0.2, -0.15) is 18.4 Å². The third-order valence-corrected chi connectivity index (χ3v) is 4.57. The first-order valence-corrected chi connectivity index (χ1v) is 9.00. The van der Waals surface area contributed by atoms with Gasteiger partial charge in [-0.05, 0) is 42.7 Å². The van der Waals surface area contributed by atoms with E-state index in [2.05, 4.69) is 9.93 Å². The molecule has 0 spiro atoms. The molecule has 1 N–H and O–H groups in total. The molecule has 0 saturated heterocycles. The van der Waals surface area contributed by atoms with Crippen molar-refractivity contribution in [2.75, 3.05) is 5.88 Å². The van der Waals surface area contributed by atoms with E-state index in [1.54, 1.807) is 30.3 Å². The van der Waals surface area contributed by atoms with Crippen molar-refractivity contribution >= 4 is 27.3 Å². The molecule has 23 heavy (non-hydrogen) atoms. The molecule has 2 aromatic carbocycles. The fraction of sp³-hybridized carbons (Fsp3) is 0.188. The minimum absolute atomic E-state index is 0.125. The van der Waals surface area contributed by atoms with Crippen molar-refractivity contribution in [1.82, 2.24) is 4.83 Å². The van der Waals surface area contributed by atoms with Crippen LogP contribution in [0.5, 0.6) is 0 Å². The molecule has 4 nitrogen and oxygen atoms in total. The maximum atomic E-state index is 13.0. The standard InChI is InChI=1S/C16H16ClFN2O2S/c17-12-4-7-16(13-8-10-14(18)11-9-13)19-20-23(21,22)15-5-2-1-3-6-15/h1-3,5-6,8-11,20H,4,7,12H2/b19-16+. The lowest BCUT2D eigenvalue weighted by atomic mass is 10.1. The molecule has 0 aliphatic heterocycles. The lowest BCUT2D eigenvalue weighted by Gasteiger charge is -2.08. The van der Waals surface area contributed by atoms with Crippen LogP contribution in [0.2, 0.25) is 0 Å². The molecular formula is C16H16ClFN2O2S. The minimum Gasteiger partial charge on any atom is -0.207 e. The average Bonchev–Trinajstić information content (AvgIpc) is 2.57. The Morgan fingerprint density at radius 3 is 2.35 bits per heavy atom. The Bertz CT molecular complexity index is 762. The molecule has 2 aromatic rings. The minimum atomic E-state index is -3.74. The van der Waals surface area contributed by atoms with E-state index >= 15 is 0 Å². The van der Waals surface area contributed by atoms with Crippen molar-refractivity contribution in [3.05, 3.63) is 66.0 Å². The van der Waals surface area contributed by atoms with Crippen LogP contribution in [0.1, 0.15) is 18.4 Å². The van der Waals surface area contributed by atoms with E-state index in [-0.39, 0.29) is 10.7 Å². The van der Waals surface area contributed by atoms with Gasteiger partial charge in [0, 0.05) is 5.88 Å². The first kappa shape index (κ1) is 17.4. The molecule has 7 heteroatoms. The van der Waals surface area contributed by atoms with Gasteiger partial charge in [0.2, 0.25) is 0 Å². The maximum absolute atomic E-state index is 13.0. The van der Waals surface area contributed by atoms with Crippen LogP contribution >= 0.6 is 11.6 Å². The highest BCUT2D eigenvalue weighted by Gasteiger charge is 2.13. The highest BCUT2D eigenvalue weighted by Crippen LogP contribution is 2.11. The van der Waals surface area contributed by atoms with Crippen LogP contribution in [0.15, 0.2) is 64.6 Å². The second kappa shape index (κ2) is 8.08. The van der Waals surface area contributed by atoms with E-state index in [1.165, 1.54) is 24.3 Å². The largest absolute Gasteiger partial charge is 0.276 e. The number of hydrazone groups is 1. The zero-order chi connectivity index (χ0) is 16.7. The molecule has 0 bridgehead atoms. The smallest absolute Gasteiger partial charge is 0.207 e. The van der Waals surface area contributed by atoms with E-state index in [1.807, 2.05) is 0 Å². The third-order valence-electron chi connectivity index (χ3n) is 3.08. The molecule has 0 aliphatic rings. The van der Waals surface area contributed by atoms with Gasteiger partial charge in [-0.3, -0.25) is 0 Å². The Morgan fingerprint density at radius 1 is 1.09 bits per heavy atom. The number of hydrogen-bond acceptors (Lipinski definition) is 3. The molecule has 0 heterocycles. The van der Waals surface area contributed by atoms with E-state index in [4.69, 9.17) is 11.6 Å². The van der Waals surface area contributed by atoms with Gasteiger partial charge in [0.25, 0.3) is 10.0 Å². The Labute approximate surface area is 140 Å². The third kappa shape index (κ3) is 5.04. The quantitative estimate of drug-likeness (QED) is 0.470. The lowest BCUT2D eigenvalue weighted by Crippen LogP contribution is -2.20. The number of nitrogens with one attached hydrogen (secondary N) is 1. The number of nitrogens with zero attached hydrogens (tertiary/aromatic N) is 1. The van der Waals surface area contributed by atoms with Gasteiger partial charge in [0.1, 0.15) is 5.82 Å². The molecule has 0 aliphatic carbocycles. The first-order valence-electron chi connectivity index (χ1n) is 6.98. The molecule has 0 aromatic heterocycles. The monoisotopic (exact) mass is 354 g/mol. The van der Waals surface area contributed by atoms with E-state index in [9.17, 15) is 12.8 Å². The summed E-state index contributed by atoms with van der Waals surface area (Å²) in [5.41, 5.74) is 1.15. The van der Waals surface area contributed by atoms with E-state index in [0.29, 0.717) is 30.0 Å². The summed E-state index contributed by atoms with van der Waals surface area (Å²) >= 11 is 5.69. The second-order valence-corrected chi connectivity index (χ2v) is 6.80. The molecule has 0 radical (unpaired) electrons. The molecule has 122 valence electrons. The van der Waals surface area contributed by atoms with Crippen LogP contribution in [0.25, 0.3) is 0 Å². The predicted molar refractivity (Wildman–Crippen MR) is 89.7 cm³/mol. The zero-order valence-corrected chi connectivity index (χ0v) is 13.8. The normalized spacial score (nSPS) is 12.2. The van der Waals surface area contributed by atoms with Crippen molar-refractivity contribution in [2.24, 2.45) is 5.10 Å².